The van der Waals surface area contributed by atoms with E-state index in [1.807, 2.05) is 60.7 Å². The van der Waals surface area contributed by atoms with E-state index in [0.29, 0.717) is 22.5 Å². The van der Waals surface area contributed by atoms with Gasteiger partial charge in [0.25, 0.3) is 5.91 Å². The minimum atomic E-state index is -3.85. The number of morpholine rings is 1. The van der Waals surface area contributed by atoms with Crippen LogP contribution in [-0.4, -0.2) is 57.5 Å². The number of sulfonamides is 1. The number of hydrogen-bond donors (Lipinski definition) is 1. The first-order chi connectivity index (χ1) is 20.3. The number of nitriles is 1. The Morgan fingerprint density at radius 3 is 2.26 bits per heavy atom. The summed E-state index contributed by atoms with van der Waals surface area (Å²) in [4.78, 5) is 25.6. The Morgan fingerprint density at radius 1 is 0.976 bits per heavy atom. The van der Waals surface area contributed by atoms with E-state index in [0.717, 1.165) is 5.56 Å². The first kappa shape index (κ1) is 28.8. The molecule has 42 heavy (non-hydrogen) atoms. The summed E-state index contributed by atoms with van der Waals surface area (Å²) < 4.78 is 44.1. The standard InChI is InChI=1S/C31H27N3O7S/c1-21-12-13-24(18-26(21)42(37,38)34-14-16-39-17-15-34)31(36)40-20-27(35)33-30-25(19-32)28(22-8-4-2-5-9-22)29(41-30)23-10-6-3-7-11-23/h2-13,18H,14-17,20H2,1H3,(H,33,35). The third-order valence-corrected chi connectivity index (χ3v) is 8.76. The van der Waals surface area contributed by atoms with Crippen LogP contribution in [0.1, 0.15) is 21.5 Å². The van der Waals surface area contributed by atoms with Gasteiger partial charge in [-0.3, -0.25) is 10.1 Å². The lowest BCUT2D eigenvalue weighted by atomic mass is 9.98. The topological polar surface area (TPSA) is 139 Å². The lowest BCUT2D eigenvalue weighted by Crippen LogP contribution is -2.40. The number of furan rings is 1. The molecule has 10 nitrogen and oxygen atoms in total. The van der Waals surface area contributed by atoms with Gasteiger partial charge in [-0.15, -0.1) is 0 Å². The average Bonchev–Trinajstić information content (AvgIpc) is 3.39. The molecule has 0 saturated carbocycles. The smallest absolute Gasteiger partial charge is 0.338 e. The molecular formula is C31H27N3O7S. The van der Waals surface area contributed by atoms with Crippen LogP contribution in [0.25, 0.3) is 22.5 Å². The van der Waals surface area contributed by atoms with Gasteiger partial charge in [-0.1, -0.05) is 66.7 Å². The second-order valence-electron chi connectivity index (χ2n) is 9.48. The molecule has 2 heterocycles. The first-order valence-corrected chi connectivity index (χ1v) is 14.6. The zero-order valence-electron chi connectivity index (χ0n) is 22.7. The van der Waals surface area contributed by atoms with Crippen molar-refractivity contribution in [3.8, 4) is 28.5 Å². The van der Waals surface area contributed by atoms with Gasteiger partial charge in [0.15, 0.2) is 6.61 Å². The van der Waals surface area contributed by atoms with Crippen molar-refractivity contribution >= 4 is 27.8 Å². The number of rotatable bonds is 8. The summed E-state index contributed by atoms with van der Waals surface area (Å²) in [6, 6.07) is 24.7. The zero-order valence-corrected chi connectivity index (χ0v) is 23.5. The van der Waals surface area contributed by atoms with Crippen molar-refractivity contribution in [3.05, 3.63) is 95.6 Å². The van der Waals surface area contributed by atoms with Crippen molar-refractivity contribution in [1.82, 2.24) is 4.31 Å². The molecule has 1 fully saturated rings. The molecule has 0 aliphatic carbocycles. The van der Waals surface area contributed by atoms with Crippen LogP contribution in [0, 0.1) is 18.3 Å². The second-order valence-corrected chi connectivity index (χ2v) is 11.4. The number of esters is 1. The molecule has 1 aliphatic heterocycles. The van der Waals surface area contributed by atoms with E-state index in [1.54, 1.807) is 6.92 Å². The van der Waals surface area contributed by atoms with E-state index in [4.69, 9.17) is 13.9 Å². The van der Waals surface area contributed by atoms with E-state index >= 15 is 0 Å². The number of amides is 1. The average molecular weight is 586 g/mol. The fraction of sp³-hybridized carbons (Fsp3) is 0.194. The highest BCUT2D eigenvalue weighted by Crippen LogP contribution is 2.41. The van der Waals surface area contributed by atoms with Crippen LogP contribution in [0.4, 0.5) is 5.88 Å². The van der Waals surface area contributed by atoms with Gasteiger partial charge in [-0.2, -0.15) is 9.57 Å². The number of hydrogen-bond acceptors (Lipinski definition) is 8. The molecule has 1 aromatic heterocycles. The SMILES string of the molecule is Cc1ccc(C(=O)OCC(=O)Nc2oc(-c3ccccc3)c(-c3ccccc3)c2C#N)cc1S(=O)(=O)N1CCOCC1. The summed E-state index contributed by atoms with van der Waals surface area (Å²) in [6.45, 7) is 1.96. The highest BCUT2D eigenvalue weighted by atomic mass is 32.2. The molecule has 0 bridgehead atoms. The number of carbonyl (C=O) groups excluding carboxylic acids is 2. The Labute approximate surface area is 243 Å². The van der Waals surface area contributed by atoms with E-state index < -0.39 is 28.5 Å². The van der Waals surface area contributed by atoms with E-state index in [1.165, 1.54) is 22.5 Å². The van der Waals surface area contributed by atoms with E-state index in [9.17, 15) is 23.3 Å². The van der Waals surface area contributed by atoms with Gasteiger partial charge in [0.05, 0.1) is 23.7 Å². The maximum Gasteiger partial charge on any atom is 0.338 e. The van der Waals surface area contributed by atoms with Crippen LogP contribution in [0.15, 0.2) is 88.2 Å². The number of nitrogens with zero attached hydrogens (tertiary/aromatic N) is 2. The molecule has 0 spiro atoms. The molecule has 0 atom stereocenters. The van der Waals surface area contributed by atoms with Crippen LogP contribution in [0.2, 0.25) is 0 Å². The number of anilines is 1. The van der Waals surface area contributed by atoms with Crippen molar-refractivity contribution < 1.29 is 31.9 Å². The van der Waals surface area contributed by atoms with Crippen molar-refractivity contribution in [2.75, 3.05) is 38.2 Å². The molecule has 1 saturated heterocycles. The lowest BCUT2D eigenvalue weighted by molar-refractivity contribution is -0.119. The molecule has 214 valence electrons. The molecule has 3 aromatic carbocycles. The second kappa shape index (κ2) is 12.4. The number of benzene rings is 3. The van der Waals surface area contributed by atoms with Crippen LogP contribution in [0.3, 0.4) is 0 Å². The maximum atomic E-state index is 13.2. The van der Waals surface area contributed by atoms with Gasteiger partial charge in [0, 0.05) is 24.2 Å². The molecule has 11 heteroatoms. The fourth-order valence-corrected chi connectivity index (χ4v) is 6.27. The monoisotopic (exact) mass is 585 g/mol. The summed E-state index contributed by atoms with van der Waals surface area (Å²) in [5.41, 5.74) is 2.53. The third kappa shape index (κ3) is 5.96. The van der Waals surface area contributed by atoms with Crippen LogP contribution in [-0.2, 0) is 24.3 Å². The van der Waals surface area contributed by atoms with Crippen molar-refractivity contribution in [1.29, 1.82) is 5.26 Å². The summed E-state index contributed by atoms with van der Waals surface area (Å²) in [5.74, 6) is -1.29. The molecule has 1 aliphatic rings. The van der Waals surface area contributed by atoms with Gasteiger partial charge in [-0.25, -0.2) is 13.2 Å². The Hall–Kier alpha value is -4.76. The van der Waals surface area contributed by atoms with Gasteiger partial charge in [-0.05, 0) is 30.2 Å². The number of carbonyl (C=O) groups is 2. The Bertz CT molecular complexity index is 1760. The number of ether oxygens (including phenoxy) is 2. The van der Waals surface area contributed by atoms with Crippen molar-refractivity contribution in [3.63, 3.8) is 0 Å². The Morgan fingerprint density at radius 2 is 1.62 bits per heavy atom. The van der Waals surface area contributed by atoms with Gasteiger partial charge in [0.2, 0.25) is 15.9 Å². The molecule has 1 amide bonds. The molecule has 1 N–H and O–H groups in total. The summed E-state index contributed by atoms with van der Waals surface area (Å²) in [7, 11) is -3.85. The van der Waals surface area contributed by atoms with Crippen LogP contribution >= 0.6 is 0 Å². The van der Waals surface area contributed by atoms with Crippen molar-refractivity contribution in [2.24, 2.45) is 0 Å². The maximum absolute atomic E-state index is 13.2. The Balaban J connectivity index is 1.34. The molecular weight excluding hydrogens is 558 g/mol. The minimum absolute atomic E-state index is 0.0144. The van der Waals surface area contributed by atoms with Crippen LogP contribution < -0.4 is 5.32 Å². The third-order valence-electron chi connectivity index (χ3n) is 6.72. The molecule has 0 unspecified atom stereocenters. The predicted molar refractivity (Wildman–Crippen MR) is 154 cm³/mol. The molecule has 5 rings (SSSR count). The van der Waals surface area contributed by atoms with E-state index in [2.05, 4.69) is 11.4 Å². The number of nitrogens with one attached hydrogen (secondary N) is 1. The highest BCUT2D eigenvalue weighted by molar-refractivity contribution is 7.89. The van der Waals surface area contributed by atoms with Crippen LogP contribution in [0.5, 0.6) is 0 Å². The Kier molecular flexibility index (Phi) is 8.49. The largest absolute Gasteiger partial charge is 0.452 e. The summed E-state index contributed by atoms with van der Waals surface area (Å²) in [6.07, 6.45) is 0. The van der Waals surface area contributed by atoms with E-state index in [-0.39, 0.29) is 48.2 Å². The lowest BCUT2D eigenvalue weighted by Gasteiger charge is -2.26. The minimum Gasteiger partial charge on any atom is -0.452 e. The van der Waals surface area contributed by atoms with Crippen molar-refractivity contribution in [2.45, 2.75) is 11.8 Å². The highest BCUT2D eigenvalue weighted by Gasteiger charge is 2.29. The molecule has 4 aromatic rings. The molecule has 0 radical (unpaired) electrons. The predicted octanol–water partition coefficient (Wildman–Crippen LogP) is 4.61. The number of aryl methyl sites for hydroxylation is 1. The van der Waals surface area contributed by atoms with Gasteiger partial charge in [0.1, 0.15) is 17.4 Å². The van der Waals surface area contributed by atoms with Gasteiger partial charge >= 0.3 is 5.97 Å². The summed E-state index contributed by atoms with van der Waals surface area (Å²) in [5, 5.41) is 12.5. The van der Waals surface area contributed by atoms with Gasteiger partial charge < -0.3 is 13.9 Å². The summed E-state index contributed by atoms with van der Waals surface area (Å²) >= 11 is 0. The first-order valence-electron chi connectivity index (χ1n) is 13.1. The fourth-order valence-electron chi connectivity index (χ4n) is 4.61. The zero-order chi connectivity index (χ0) is 29.7. The normalized spacial score (nSPS) is 13.7. The quantitative estimate of drug-likeness (QED) is 0.296.